The number of halogens is 5. The molecule has 5 rings (SSSR count). The standard InChI is InChI=1S/C29H30F5NO5/c1-26-14-22(17-5-3-16(4-6-17)15-35-40-25(37)39-2)24-20-10-8-19(36)13-18(20)7-9-21(24)23(26)11-12-27(26,38)28(30,31)29(32,33)34/h3-6,13,15,21-23,38H,7-12,14H2,1-2H3/b35-15+/t21?,22-,23?,26+,27+/m1/s1. The number of hydrogen-bond acceptors (Lipinski definition) is 6. The maximum Gasteiger partial charge on any atom is 0.534 e. The second kappa shape index (κ2) is 9.78. The zero-order valence-electron chi connectivity index (χ0n) is 22.1. The molecule has 216 valence electrons. The maximum absolute atomic E-state index is 15.1. The van der Waals surface area contributed by atoms with Crippen LogP contribution in [0.5, 0.6) is 0 Å². The van der Waals surface area contributed by atoms with Crippen LogP contribution in [-0.2, 0) is 14.4 Å². The van der Waals surface area contributed by atoms with Gasteiger partial charge < -0.3 is 9.84 Å². The Morgan fingerprint density at radius 3 is 2.45 bits per heavy atom. The molecule has 0 aromatic heterocycles. The van der Waals surface area contributed by atoms with Crippen molar-refractivity contribution in [1.29, 1.82) is 0 Å². The third-order valence-corrected chi connectivity index (χ3v) is 9.60. The third-order valence-electron chi connectivity index (χ3n) is 9.60. The van der Waals surface area contributed by atoms with Crippen LogP contribution < -0.4 is 0 Å². The van der Waals surface area contributed by atoms with Crippen LogP contribution in [0.4, 0.5) is 26.7 Å². The molecule has 0 amide bonds. The summed E-state index contributed by atoms with van der Waals surface area (Å²) < 4.78 is 75.5. The second-order valence-electron chi connectivity index (χ2n) is 11.4. The molecule has 0 heterocycles. The van der Waals surface area contributed by atoms with Gasteiger partial charge in [0.2, 0.25) is 0 Å². The summed E-state index contributed by atoms with van der Waals surface area (Å²) in [6.07, 6.45) is -2.81. The number of oxime groups is 1. The smallest absolute Gasteiger partial charge is 0.436 e. The van der Waals surface area contributed by atoms with Crippen LogP contribution in [0.1, 0.15) is 68.9 Å². The number of aliphatic hydroxyl groups is 1. The first-order chi connectivity index (χ1) is 18.7. The lowest BCUT2D eigenvalue weighted by molar-refractivity contribution is -0.362. The summed E-state index contributed by atoms with van der Waals surface area (Å²) in [5.41, 5.74) is -0.829. The van der Waals surface area contributed by atoms with Crippen LogP contribution in [0.3, 0.4) is 0 Å². The van der Waals surface area contributed by atoms with E-state index in [4.69, 9.17) is 0 Å². The molecule has 40 heavy (non-hydrogen) atoms. The lowest BCUT2D eigenvalue weighted by Crippen LogP contribution is -2.65. The molecule has 0 aliphatic heterocycles. The van der Waals surface area contributed by atoms with E-state index in [1.54, 1.807) is 30.3 Å². The predicted molar refractivity (Wildman–Crippen MR) is 134 cm³/mol. The fourth-order valence-electron chi connectivity index (χ4n) is 7.70. The Kier molecular flexibility index (Phi) is 6.96. The van der Waals surface area contributed by atoms with Gasteiger partial charge in [0, 0.05) is 17.8 Å². The van der Waals surface area contributed by atoms with Gasteiger partial charge in [-0.05, 0) is 78.7 Å². The van der Waals surface area contributed by atoms with Crippen LogP contribution in [0.15, 0.2) is 52.2 Å². The van der Waals surface area contributed by atoms with Gasteiger partial charge in [-0.25, -0.2) is 4.79 Å². The SMILES string of the molecule is COC(=O)O/N=C/c1ccc([C@H]2C[C@@]3(C)C(CC[C@@]3(O)C(F)(F)C(F)(F)F)C3CCC4=CC(=O)CCC4=C32)cc1. The van der Waals surface area contributed by atoms with E-state index in [1.165, 1.54) is 13.1 Å². The van der Waals surface area contributed by atoms with Crippen LogP contribution in [-0.4, -0.2) is 48.1 Å². The number of alkyl halides is 5. The monoisotopic (exact) mass is 567 g/mol. The number of carbonyl (C=O) groups excluding carboxylic acids is 2. The van der Waals surface area contributed by atoms with Gasteiger partial charge in [-0.3, -0.25) is 9.63 Å². The van der Waals surface area contributed by atoms with E-state index in [1.807, 2.05) is 0 Å². The molecule has 11 heteroatoms. The molecule has 0 spiro atoms. The molecular formula is C29H30F5NO5. The van der Waals surface area contributed by atoms with Gasteiger partial charge >= 0.3 is 18.3 Å². The zero-order chi connectivity index (χ0) is 29.1. The molecule has 6 nitrogen and oxygen atoms in total. The Morgan fingerprint density at radius 1 is 1.10 bits per heavy atom. The largest absolute Gasteiger partial charge is 0.534 e. The van der Waals surface area contributed by atoms with Gasteiger partial charge in [0.25, 0.3) is 0 Å². The van der Waals surface area contributed by atoms with Gasteiger partial charge in [-0.2, -0.15) is 22.0 Å². The van der Waals surface area contributed by atoms with Crippen molar-refractivity contribution in [3.8, 4) is 0 Å². The van der Waals surface area contributed by atoms with E-state index in [-0.39, 0.29) is 24.5 Å². The average Bonchev–Trinajstić information content (AvgIpc) is 3.19. The van der Waals surface area contributed by atoms with E-state index in [0.29, 0.717) is 36.8 Å². The second-order valence-corrected chi connectivity index (χ2v) is 11.4. The van der Waals surface area contributed by atoms with E-state index in [9.17, 15) is 27.9 Å². The first kappa shape index (κ1) is 28.4. The minimum atomic E-state index is -5.90. The highest BCUT2D eigenvalue weighted by Gasteiger charge is 2.79. The highest BCUT2D eigenvalue weighted by Crippen LogP contribution is 2.70. The summed E-state index contributed by atoms with van der Waals surface area (Å²) in [6.45, 7) is 1.39. The first-order valence-electron chi connectivity index (χ1n) is 13.3. The molecule has 0 radical (unpaired) electrons. The number of rotatable bonds is 4. The number of hydrogen-bond donors (Lipinski definition) is 1. The van der Waals surface area contributed by atoms with Gasteiger partial charge in [0.15, 0.2) is 5.78 Å². The lowest BCUT2D eigenvalue weighted by atomic mass is 9.50. The molecule has 0 bridgehead atoms. The third kappa shape index (κ3) is 4.28. The number of ether oxygens (including phenoxy) is 1. The fraction of sp³-hybridized carbons (Fsp3) is 0.552. The highest BCUT2D eigenvalue weighted by atomic mass is 19.4. The summed E-state index contributed by atoms with van der Waals surface area (Å²) >= 11 is 0. The fourth-order valence-corrected chi connectivity index (χ4v) is 7.70. The van der Waals surface area contributed by atoms with Gasteiger partial charge in [0.05, 0.1) is 13.3 Å². The molecule has 2 fully saturated rings. The van der Waals surface area contributed by atoms with Crippen LogP contribution in [0, 0.1) is 17.3 Å². The Bertz CT molecular complexity index is 1300. The van der Waals surface area contributed by atoms with Crippen molar-refractivity contribution in [2.75, 3.05) is 7.11 Å². The van der Waals surface area contributed by atoms with Gasteiger partial charge in [0.1, 0.15) is 5.60 Å². The van der Waals surface area contributed by atoms with Crippen molar-refractivity contribution in [2.24, 2.45) is 22.4 Å². The number of carbonyl (C=O) groups is 2. The van der Waals surface area contributed by atoms with Crippen LogP contribution in [0.25, 0.3) is 0 Å². The Balaban J connectivity index is 1.59. The number of nitrogens with zero attached hydrogens (tertiary/aromatic N) is 1. The summed E-state index contributed by atoms with van der Waals surface area (Å²) in [5, 5.41) is 14.9. The molecular weight excluding hydrogens is 537 g/mol. The summed E-state index contributed by atoms with van der Waals surface area (Å²) in [6, 6.07) is 6.81. The number of benzene rings is 1. The van der Waals surface area contributed by atoms with Crippen molar-refractivity contribution < 1.29 is 46.2 Å². The number of methoxy groups -OCH3 is 1. The molecule has 1 N–H and O–H groups in total. The van der Waals surface area contributed by atoms with Crippen molar-refractivity contribution in [3.05, 3.63) is 58.2 Å². The first-order valence-corrected chi connectivity index (χ1v) is 13.3. The summed E-state index contributed by atoms with van der Waals surface area (Å²) in [5.74, 6) is -6.66. The molecule has 5 atom stereocenters. The van der Waals surface area contributed by atoms with E-state index < -0.39 is 47.5 Å². The quantitative estimate of drug-likeness (QED) is 0.145. The minimum absolute atomic E-state index is 0.0212. The van der Waals surface area contributed by atoms with Crippen molar-refractivity contribution in [3.63, 3.8) is 0 Å². The lowest BCUT2D eigenvalue weighted by Gasteiger charge is -2.56. The Hall–Kier alpha value is -3.08. The summed E-state index contributed by atoms with van der Waals surface area (Å²) in [7, 11) is 1.13. The minimum Gasteiger partial charge on any atom is -0.436 e. The molecule has 4 aliphatic carbocycles. The van der Waals surface area contributed by atoms with E-state index >= 15 is 8.78 Å². The van der Waals surface area contributed by atoms with Gasteiger partial charge in [-0.1, -0.05) is 41.9 Å². The molecule has 2 saturated carbocycles. The highest BCUT2D eigenvalue weighted by molar-refractivity contribution is 5.93. The average molecular weight is 568 g/mol. The summed E-state index contributed by atoms with van der Waals surface area (Å²) in [4.78, 5) is 27.8. The van der Waals surface area contributed by atoms with E-state index in [2.05, 4.69) is 14.7 Å². The maximum atomic E-state index is 15.1. The number of fused-ring (bicyclic) bond motifs is 4. The van der Waals surface area contributed by atoms with Crippen LogP contribution in [0.2, 0.25) is 0 Å². The molecule has 2 unspecified atom stereocenters. The number of ketones is 1. The molecule has 1 aromatic rings. The normalized spacial score (nSPS) is 32.4. The molecule has 1 aromatic carbocycles. The van der Waals surface area contributed by atoms with Crippen molar-refractivity contribution >= 4 is 18.2 Å². The van der Waals surface area contributed by atoms with Crippen LogP contribution >= 0.6 is 0 Å². The van der Waals surface area contributed by atoms with Gasteiger partial charge in [-0.15, -0.1) is 0 Å². The number of allylic oxidation sites excluding steroid dienone is 4. The van der Waals surface area contributed by atoms with E-state index in [0.717, 1.165) is 23.8 Å². The molecule has 4 aliphatic rings. The molecule has 0 saturated heterocycles. The Morgan fingerprint density at radius 2 is 1.80 bits per heavy atom. The predicted octanol–water partition coefficient (Wildman–Crippen LogP) is 6.63. The Labute approximate surface area is 227 Å². The van der Waals surface area contributed by atoms with Crippen molar-refractivity contribution in [1.82, 2.24) is 0 Å². The zero-order valence-corrected chi connectivity index (χ0v) is 22.1. The topological polar surface area (TPSA) is 85.2 Å². The van der Waals surface area contributed by atoms with Crippen molar-refractivity contribution in [2.45, 2.75) is 75.5 Å².